The van der Waals surface area contributed by atoms with E-state index in [-0.39, 0.29) is 18.3 Å². The molecule has 0 saturated carbocycles. The van der Waals surface area contributed by atoms with E-state index in [0.29, 0.717) is 12.8 Å². The molecule has 3 unspecified atom stereocenters. The van der Waals surface area contributed by atoms with Crippen molar-refractivity contribution in [2.45, 2.75) is 44.3 Å². The standard InChI is InChI=1S/C12H18N2O4/c1-7(15)9-4-3-5-10-12(17)18-6-8(13-2)11(16)14(9)10/h8-10,13H,3-6H2,1-2H3. The van der Waals surface area contributed by atoms with Crippen LogP contribution in [0, 0.1) is 0 Å². The Morgan fingerprint density at radius 1 is 1.39 bits per heavy atom. The monoisotopic (exact) mass is 254 g/mol. The lowest BCUT2D eigenvalue weighted by molar-refractivity contribution is -0.155. The van der Waals surface area contributed by atoms with Crippen molar-refractivity contribution in [1.29, 1.82) is 0 Å². The van der Waals surface area contributed by atoms with Gasteiger partial charge in [-0.05, 0) is 33.2 Å². The van der Waals surface area contributed by atoms with Crippen LogP contribution in [0.15, 0.2) is 0 Å². The zero-order chi connectivity index (χ0) is 13.3. The maximum atomic E-state index is 12.4. The fourth-order valence-corrected chi connectivity index (χ4v) is 2.66. The van der Waals surface area contributed by atoms with Crippen molar-refractivity contribution in [2.24, 2.45) is 0 Å². The van der Waals surface area contributed by atoms with Crippen molar-refractivity contribution in [1.82, 2.24) is 10.2 Å². The number of ketones is 1. The molecule has 2 fully saturated rings. The second-order valence-corrected chi connectivity index (χ2v) is 4.79. The fourth-order valence-electron chi connectivity index (χ4n) is 2.66. The maximum absolute atomic E-state index is 12.4. The van der Waals surface area contributed by atoms with Gasteiger partial charge in [-0.3, -0.25) is 9.59 Å². The average molecular weight is 254 g/mol. The van der Waals surface area contributed by atoms with Crippen LogP contribution in [0.4, 0.5) is 0 Å². The molecule has 2 aliphatic heterocycles. The van der Waals surface area contributed by atoms with E-state index in [0.717, 1.165) is 6.42 Å². The average Bonchev–Trinajstić information content (AvgIpc) is 2.48. The van der Waals surface area contributed by atoms with Gasteiger partial charge < -0.3 is 15.0 Å². The van der Waals surface area contributed by atoms with Crippen LogP contribution in [0.5, 0.6) is 0 Å². The van der Waals surface area contributed by atoms with Crippen molar-refractivity contribution < 1.29 is 19.1 Å². The van der Waals surface area contributed by atoms with Gasteiger partial charge in [0.2, 0.25) is 5.91 Å². The lowest BCUT2D eigenvalue weighted by Gasteiger charge is -2.38. The highest BCUT2D eigenvalue weighted by Gasteiger charge is 2.45. The molecule has 0 aromatic carbocycles. The van der Waals surface area contributed by atoms with Gasteiger partial charge in [0.25, 0.3) is 0 Å². The third-order valence-electron chi connectivity index (χ3n) is 3.66. The van der Waals surface area contributed by atoms with E-state index < -0.39 is 24.1 Å². The number of carbonyl (C=O) groups is 3. The number of hydrogen-bond acceptors (Lipinski definition) is 5. The van der Waals surface area contributed by atoms with Gasteiger partial charge in [-0.2, -0.15) is 0 Å². The Labute approximate surface area is 106 Å². The van der Waals surface area contributed by atoms with Gasteiger partial charge in [0, 0.05) is 0 Å². The van der Waals surface area contributed by atoms with Crippen molar-refractivity contribution in [3.63, 3.8) is 0 Å². The second-order valence-electron chi connectivity index (χ2n) is 4.79. The third-order valence-corrected chi connectivity index (χ3v) is 3.66. The molecule has 100 valence electrons. The minimum Gasteiger partial charge on any atom is -0.462 e. The molecular formula is C12H18N2O4. The van der Waals surface area contributed by atoms with Crippen LogP contribution in [-0.2, 0) is 19.1 Å². The van der Waals surface area contributed by atoms with Crippen LogP contribution in [-0.4, -0.2) is 54.3 Å². The van der Waals surface area contributed by atoms with Crippen LogP contribution in [0.25, 0.3) is 0 Å². The lowest BCUT2D eigenvalue weighted by Crippen LogP contribution is -2.58. The van der Waals surface area contributed by atoms with E-state index in [1.54, 1.807) is 7.05 Å². The molecular weight excluding hydrogens is 236 g/mol. The molecule has 2 rings (SSSR count). The summed E-state index contributed by atoms with van der Waals surface area (Å²) < 4.78 is 5.10. The molecule has 0 aliphatic carbocycles. The third kappa shape index (κ3) is 2.12. The number of likely N-dealkylation sites (N-methyl/N-ethyl adjacent to an activating group) is 1. The molecule has 2 heterocycles. The van der Waals surface area contributed by atoms with E-state index in [1.807, 2.05) is 0 Å². The number of rotatable bonds is 2. The predicted octanol–water partition coefficient (Wildman–Crippen LogP) is -0.530. The Morgan fingerprint density at radius 3 is 2.72 bits per heavy atom. The number of esters is 1. The number of nitrogens with one attached hydrogen (secondary N) is 1. The molecule has 1 N–H and O–H groups in total. The van der Waals surface area contributed by atoms with E-state index in [1.165, 1.54) is 11.8 Å². The molecule has 6 heteroatoms. The van der Waals surface area contributed by atoms with Gasteiger partial charge in [0.1, 0.15) is 18.7 Å². The summed E-state index contributed by atoms with van der Waals surface area (Å²) >= 11 is 0. The highest BCUT2D eigenvalue weighted by Crippen LogP contribution is 2.27. The molecule has 1 amide bonds. The van der Waals surface area contributed by atoms with Crippen molar-refractivity contribution >= 4 is 17.7 Å². The summed E-state index contributed by atoms with van der Waals surface area (Å²) in [4.78, 5) is 37.3. The van der Waals surface area contributed by atoms with Crippen LogP contribution in [0.3, 0.4) is 0 Å². The van der Waals surface area contributed by atoms with E-state index in [2.05, 4.69) is 5.32 Å². The van der Waals surface area contributed by atoms with Gasteiger partial charge in [-0.15, -0.1) is 0 Å². The molecule has 0 spiro atoms. The maximum Gasteiger partial charge on any atom is 0.328 e. The van der Waals surface area contributed by atoms with E-state index >= 15 is 0 Å². The molecule has 6 nitrogen and oxygen atoms in total. The summed E-state index contributed by atoms with van der Waals surface area (Å²) in [5.74, 6) is -0.682. The Bertz CT molecular complexity index is 382. The summed E-state index contributed by atoms with van der Waals surface area (Å²) in [6.07, 6.45) is 1.96. The highest BCUT2D eigenvalue weighted by atomic mass is 16.5. The smallest absolute Gasteiger partial charge is 0.328 e. The molecule has 0 bridgehead atoms. The first-order valence-electron chi connectivity index (χ1n) is 6.22. The summed E-state index contributed by atoms with van der Waals surface area (Å²) in [7, 11) is 1.64. The number of fused-ring (bicyclic) bond motifs is 1. The number of Topliss-reactive ketones (excluding diaryl/α,β-unsaturated/α-hetero) is 1. The summed E-state index contributed by atoms with van der Waals surface area (Å²) in [5.41, 5.74) is 0. The first-order chi connectivity index (χ1) is 8.56. The Kier molecular flexibility index (Phi) is 3.65. The number of piperidine rings is 1. The number of carbonyl (C=O) groups excluding carboxylic acids is 3. The number of hydrogen-bond donors (Lipinski definition) is 1. The Balaban J connectivity index is 2.34. The fraction of sp³-hybridized carbons (Fsp3) is 0.750. The van der Waals surface area contributed by atoms with Crippen LogP contribution in [0.2, 0.25) is 0 Å². The summed E-state index contributed by atoms with van der Waals surface area (Å²) in [5, 5.41) is 2.83. The first-order valence-corrected chi connectivity index (χ1v) is 6.22. The topological polar surface area (TPSA) is 75.7 Å². The number of ether oxygens (including phenoxy) is 1. The molecule has 2 saturated heterocycles. The summed E-state index contributed by atoms with van der Waals surface area (Å²) in [6.45, 7) is 1.50. The molecule has 0 aromatic rings. The number of cyclic esters (lactones) is 1. The van der Waals surface area contributed by atoms with Crippen molar-refractivity contribution in [3.05, 3.63) is 0 Å². The minimum absolute atomic E-state index is 0.0335. The van der Waals surface area contributed by atoms with Gasteiger partial charge in [-0.25, -0.2) is 4.79 Å². The molecule has 0 aromatic heterocycles. The zero-order valence-electron chi connectivity index (χ0n) is 10.6. The van der Waals surface area contributed by atoms with Crippen LogP contribution in [0.1, 0.15) is 26.2 Å². The van der Waals surface area contributed by atoms with Crippen molar-refractivity contribution in [2.75, 3.05) is 13.7 Å². The molecule has 3 atom stereocenters. The zero-order valence-corrected chi connectivity index (χ0v) is 10.6. The van der Waals surface area contributed by atoms with E-state index in [4.69, 9.17) is 4.74 Å². The Morgan fingerprint density at radius 2 is 2.11 bits per heavy atom. The normalized spacial score (nSPS) is 32.6. The largest absolute Gasteiger partial charge is 0.462 e. The van der Waals surface area contributed by atoms with E-state index in [9.17, 15) is 14.4 Å². The highest BCUT2D eigenvalue weighted by molar-refractivity contribution is 5.94. The Hall–Kier alpha value is -1.43. The number of nitrogens with zero attached hydrogens (tertiary/aromatic N) is 1. The van der Waals surface area contributed by atoms with Gasteiger partial charge >= 0.3 is 5.97 Å². The summed E-state index contributed by atoms with van der Waals surface area (Å²) in [6, 6.07) is -1.64. The molecule has 18 heavy (non-hydrogen) atoms. The van der Waals surface area contributed by atoms with Crippen molar-refractivity contribution in [3.8, 4) is 0 Å². The van der Waals surface area contributed by atoms with Crippen LogP contribution >= 0.6 is 0 Å². The van der Waals surface area contributed by atoms with Crippen LogP contribution < -0.4 is 5.32 Å². The first kappa shape index (κ1) is 13.0. The quantitative estimate of drug-likeness (QED) is 0.670. The minimum atomic E-state index is -0.599. The molecule has 0 radical (unpaired) electrons. The SMILES string of the molecule is CNC1COC(=O)C2CCCC(C(C)=O)N2C1=O. The second kappa shape index (κ2) is 5.06. The van der Waals surface area contributed by atoms with Gasteiger partial charge in [0.15, 0.2) is 5.78 Å². The van der Waals surface area contributed by atoms with Gasteiger partial charge in [-0.1, -0.05) is 0 Å². The lowest BCUT2D eigenvalue weighted by atomic mass is 9.93. The van der Waals surface area contributed by atoms with Gasteiger partial charge in [0.05, 0.1) is 6.04 Å². The number of amides is 1. The predicted molar refractivity (Wildman–Crippen MR) is 62.8 cm³/mol. The molecule has 2 aliphatic rings.